The SMILES string of the molecule is Clc1ccc(-n2c(CCCn3cccc3)nc3ccncc32)cc1.Clc1ccc(-n2c(Cc3cccnc3)nc3ccncc32)cc1.O=C(NCC1CCOCC1)c1nc2ccncc2n1-c1ccc(F)cc1.O=C1C=C(N2CCC(c3nc4ccncc4n3-c3ccc(Cl)cc3)CC2)N=CC1. The minimum absolute atomic E-state index is 0.120. The van der Waals surface area contributed by atoms with Crippen molar-refractivity contribution in [3.05, 3.63) is 282 Å². The number of ketones is 1. The first-order valence-corrected chi connectivity index (χ1v) is 34.9. The van der Waals surface area contributed by atoms with E-state index in [1.54, 1.807) is 72.2 Å². The predicted molar refractivity (Wildman–Crippen MR) is 396 cm³/mol. The number of carbonyl (C=O) groups excluding carboxylic acids is 2. The maximum absolute atomic E-state index is 13.3. The number of nitrogens with one attached hydrogen (secondary N) is 1. The van der Waals surface area contributed by atoms with E-state index in [9.17, 15) is 14.0 Å². The average molecular weight is 1420 g/mol. The highest BCUT2D eigenvalue weighted by Crippen LogP contribution is 2.35. The minimum atomic E-state index is -0.332. The maximum atomic E-state index is 13.3. The molecular formula is C78H69Cl3FN17O3. The van der Waals surface area contributed by atoms with Crippen LogP contribution in [0.5, 0.6) is 0 Å². The monoisotopic (exact) mass is 1420 g/mol. The van der Waals surface area contributed by atoms with Crippen LogP contribution in [0.25, 0.3) is 66.9 Å². The van der Waals surface area contributed by atoms with E-state index in [1.165, 1.54) is 12.1 Å². The number of aliphatic imine (C=N–C) groups is 1. The number of nitrogens with zero attached hydrogens (tertiary/aromatic N) is 16. The number of pyridine rings is 5. The van der Waals surface area contributed by atoms with E-state index in [1.807, 2.05) is 122 Å². The summed E-state index contributed by atoms with van der Waals surface area (Å²) in [5.41, 5.74) is 12.1. The van der Waals surface area contributed by atoms with Crippen LogP contribution in [0.4, 0.5) is 4.39 Å². The molecule has 3 aliphatic rings. The molecule has 2 fully saturated rings. The van der Waals surface area contributed by atoms with Gasteiger partial charge in [-0.25, -0.2) is 29.3 Å². The van der Waals surface area contributed by atoms with E-state index in [0.717, 1.165) is 155 Å². The molecule has 1 N–H and O–H groups in total. The number of rotatable bonds is 15. The molecule has 0 unspecified atom stereocenters. The standard InChI is InChI=1S/C22H20ClN5O.C19H17ClN4.C19H19FN4O2.C18H13ClN4/c23-16-1-3-17(4-2-16)28-20-14-24-9-6-19(20)26-22(28)15-7-11-27(12-8-15)21-13-18(29)5-10-25-21;20-15-5-7-16(8-6-15)24-18-14-21-10-9-17(18)22-19(24)4-3-13-23-11-1-2-12-23;20-14-1-3-15(4-2-14)24-17-12-21-8-5-16(17)23-18(24)19(25)22-11-13-6-9-26-10-7-13;19-14-3-5-15(6-4-14)23-17-12-21-9-7-16(17)22-18(23)10-13-2-1-8-20-11-13/h1-4,6,9-10,13-15H,5,7-8,11-12H2;1-2,5-12,14H,3-4,13H2;1-5,8,12-13H,6-7,9-11H2,(H,22,25);1-9,11-12H,10H2. The molecule has 24 heteroatoms. The molecule has 0 aliphatic carbocycles. The number of imidazole rings is 4. The Morgan fingerprint density at radius 1 is 0.539 bits per heavy atom. The van der Waals surface area contributed by atoms with Gasteiger partial charge < -0.3 is 19.5 Å². The zero-order valence-electron chi connectivity index (χ0n) is 55.4. The first kappa shape index (κ1) is 68.1. The van der Waals surface area contributed by atoms with Gasteiger partial charge in [-0.15, -0.1) is 0 Å². The number of aromatic nitrogens is 14. The molecule has 14 aromatic rings. The van der Waals surface area contributed by atoms with Crippen molar-refractivity contribution in [1.82, 2.24) is 77.9 Å². The smallest absolute Gasteiger partial charge is 0.287 e. The Morgan fingerprint density at radius 2 is 1.04 bits per heavy atom. The summed E-state index contributed by atoms with van der Waals surface area (Å²) in [6, 6.07) is 45.1. The number of carbonyl (C=O) groups is 2. The molecule has 3 aliphatic heterocycles. The number of halogens is 4. The number of allylic oxidation sites excluding steroid dienone is 1. The topological polar surface area (TPSA) is 212 Å². The molecule has 2 saturated heterocycles. The van der Waals surface area contributed by atoms with Gasteiger partial charge in [0.05, 0.1) is 68.9 Å². The van der Waals surface area contributed by atoms with Crippen LogP contribution in [-0.4, -0.2) is 123 Å². The summed E-state index contributed by atoms with van der Waals surface area (Å²) < 4.78 is 29.0. The second kappa shape index (κ2) is 32.0. The minimum Gasteiger partial charge on any atom is -0.381 e. The summed E-state index contributed by atoms with van der Waals surface area (Å²) in [5, 5.41) is 5.13. The highest BCUT2D eigenvalue weighted by atomic mass is 35.5. The lowest BCUT2D eigenvalue weighted by Gasteiger charge is -2.33. The number of piperidine rings is 1. The van der Waals surface area contributed by atoms with E-state index in [-0.39, 0.29) is 23.3 Å². The number of fused-ring (bicyclic) bond motifs is 4. The molecule has 4 aromatic carbocycles. The summed E-state index contributed by atoms with van der Waals surface area (Å²) in [6.07, 6.45) is 32.2. The Hall–Kier alpha value is -11.1. The number of hydrogen-bond acceptors (Lipinski definition) is 14. The molecule has 102 heavy (non-hydrogen) atoms. The van der Waals surface area contributed by atoms with E-state index in [0.29, 0.717) is 58.0 Å². The van der Waals surface area contributed by atoms with Gasteiger partial charge in [-0.2, -0.15) is 0 Å². The molecule has 13 heterocycles. The van der Waals surface area contributed by atoms with Gasteiger partial charge in [0.25, 0.3) is 5.91 Å². The van der Waals surface area contributed by atoms with Crippen LogP contribution in [0.1, 0.15) is 78.1 Å². The Labute approximate surface area is 601 Å². The summed E-state index contributed by atoms with van der Waals surface area (Å²) in [4.78, 5) is 71.2. The van der Waals surface area contributed by atoms with E-state index < -0.39 is 0 Å². The first-order valence-electron chi connectivity index (χ1n) is 33.7. The predicted octanol–water partition coefficient (Wildman–Crippen LogP) is 15.4. The van der Waals surface area contributed by atoms with Gasteiger partial charge in [0.2, 0.25) is 5.82 Å². The fourth-order valence-electron chi connectivity index (χ4n) is 12.9. The van der Waals surface area contributed by atoms with Gasteiger partial charge in [0.1, 0.15) is 29.1 Å². The lowest BCUT2D eigenvalue weighted by atomic mass is 9.95. The van der Waals surface area contributed by atoms with Crippen molar-refractivity contribution in [2.24, 2.45) is 10.9 Å². The third-order valence-corrected chi connectivity index (χ3v) is 18.7. The van der Waals surface area contributed by atoms with Gasteiger partial charge in [0.15, 0.2) is 5.78 Å². The van der Waals surface area contributed by atoms with Crippen LogP contribution in [0.2, 0.25) is 15.1 Å². The fourth-order valence-corrected chi connectivity index (χ4v) is 13.3. The van der Waals surface area contributed by atoms with Crippen LogP contribution in [0.15, 0.2) is 237 Å². The molecule has 0 saturated carbocycles. The normalized spacial score (nSPS) is 14.1. The second-order valence-electron chi connectivity index (χ2n) is 24.7. The number of likely N-dealkylation sites (tertiary alicyclic amines) is 1. The van der Waals surface area contributed by atoms with E-state index in [4.69, 9.17) is 54.5 Å². The number of amides is 1. The van der Waals surface area contributed by atoms with Gasteiger partial charge >= 0.3 is 0 Å². The van der Waals surface area contributed by atoms with Crippen molar-refractivity contribution in [3.8, 4) is 22.7 Å². The quantitative estimate of drug-likeness (QED) is 0.101. The van der Waals surface area contributed by atoms with E-state index in [2.05, 4.69) is 94.0 Å². The Balaban J connectivity index is 0.000000116. The molecule has 512 valence electrons. The molecular weight excluding hydrogens is 1350 g/mol. The lowest BCUT2D eigenvalue weighted by Crippen LogP contribution is -2.33. The number of benzene rings is 4. The summed E-state index contributed by atoms with van der Waals surface area (Å²) in [5.74, 6) is 4.37. The Kier molecular flexibility index (Phi) is 21.4. The molecule has 10 aromatic heterocycles. The summed E-state index contributed by atoms with van der Waals surface area (Å²) in [7, 11) is 0. The zero-order chi connectivity index (χ0) is 69.7. The van der Waals surface area contributed by atoms with Crippen molar-refractivity contribution in [1.29, 1.82) is 0 Å². The van der Waals surface area contributed by atoms with Crippen LogP contribution < -0.4 is 5.32 Å². The molecule has 17 rings (SSSR count). The van der Waals surface area contributed by atoms with Crippen LogP contribution in [-0.2, 0) is 28.9 Å². The first-order chi connectivity index (χ1) is 50.0. The average Bonchev–Trinajstić information content (AvgIpc) is 1.64. The van der Waals surface area contributed by atoms with Gasteiger partial charge in [0, 0.05) is 164 Å². The zero-order valence-corrected chi connectivity index (χ0v) is 57.7. The fraction of sp³-hybridized carbons (Fsp3) is 0.205. The summed E-state index contributed by atoms with van der Waals surface area (Å²) >= 11 is 18.1. The highest BCUT2D eigenvalue weighted by molar-refractivity contribution is 6.31. The molecule has 0 bridgehead atoms. The van der Waals surface area contributed by atoms with Crippen molar-refractivity contribution < 1.29 is 18.7 Å². The number of hydrogen-bond donors (Lipinski definition) is 1. The Bertz CT molecular complexity index is 5240. The van der Waals surface area contributed by atoms with Crippen LogP contribution in [0.3, 0.4) is 0 Å². The second-order valence-corrected chi connectivity index (χ2v) is 26.0. The van der Waals surface area contributed by atoms with Crippen molar-refractivity contribution >= 4 is 96.8 Å². The van der Waals surface area contributed by atoms with Gasteiger partial charge in [-0.1, -0.05) is 40.9 Å². The lowest BCUT2D eigenvalue weighted by molar-refractivity contribution is -0.113. The number of aryl methyl sites for hydroxylation is 2. The maximum Gasteiger partial charge on any atom is 0.287 e. The van der Waals surface area contributed by atoms with Crippen molar-refractivity contribution in [2.75, 3.05) is 32.8 Å². The van der Waals surface area contributed by atoms with Gasteiger partial charge in [-0.3, -0.25) is 52.8 Å². The molecule has 1 amide bonds. The highest BCUT2D eigenvalue weighted by Gasteiger charge is 2.29. The Morgan fingerprint density at radius 3 is 1.61 bits per heavy atom. The third kappa shape index (κ3) is 16.0. The molecule has 0 radical (unpaired) electrons. The third-order valence-electron chi connectivity index (χ3n) is 18.0. The molecule has 20 nitrogen and oxygen atoms in total. The number of ether oxygens (including phenoxy) is 1. The van der Waals surface area contributed by atoms with Crippen LogP contribution >= 0.6 is 34.8 Å². The summed E-state index contributed by atoms with van der Waals surface area (Å²) in [6.45, 7) is 4.75. The molecule has 0 atom stereocenters. The van der Waals surface area contributed by atoms with E-state index >= 15 is 0 Å². The largest absolute Gasteiger partial charge is 0.381 e. The molecule has 0 spiro atoms. The van der Waals surface area contributed by atoms with Gasteiger partial charge in [-0.05, 0) is 183 Å². The van der Waals surface area contributed by atoms with Crippen LogP contribution in [0, 0.1) is 11.7 Å². The van der Waals surface area contributed by atoms with Crippen molar-refractivity contribution in [3.63, 3.8) is 0 Å². The van der Waals surface area contributed by atoms with Crippen molar-refractivity contribution in [2.45, 2.75) is 63.8 Å².